The molecule has 2 aliphatic carbocycles. The topological polar surface area (TPSA) is 76.1 Å². The Balaban J connectivity index is 1.66. The van der Waals surface area contributed by atoms with Crippen LogP contribution in [0.25, 0.3) is 0 Å². The fourth-order valence-corrected chi connectivity index (χ4v) is 3.78. The van der Waals surface area contributed by atoms with Gasteiger partial charge in [0.1, 0.15) is 6.61 Å². The lowest BCUT2D eigenvalue weighted by atomic mass is 9.97. The van der Waals surface area contributed by atoms with Gasteiger partial charge in [0.15, 0.2) is 0 Å². The molecule has 1 aromatic rings. The van der Waals surface area contributed by atoms with Crippen LogP contribution in [-0.2, 0) is 20.9 Å². The molecule has 2 aliphatic rings. The number of aliphatic hydroxyl groups is 1. The molecule has 3 rings (SSSR count). The van der Waals surface area contributed by atoms with Gasteiger partial charge in [0.25, 0.3) is 0 Å². The Kier molecular flexibility index (Phi) is 4.02. The van der Waals surface area contributed by atoms with E-state index in [1.807, 2.05) is 30.3 Å². The number of carbonyl (C=O) groups excluding carboxylic acids is 2. The lowest BCUT2D eigenvalue weighted by Crippen LogP contribution is -2.45. The highest BCUT2D eigenvalue weighted by Gasteiger charge is 2.73. The number of hydrogen-bond acceptors (Lipinski definition) is 5. The van der Waals surface area contributed by atoms with Crippen molar-refractivity contribution in [3.8, 4) is 0 Å². The van der Waals surface area contributed by atoms with Gasteiger partial charge >= 0.3 is 12.1 Å². The molecular formula is C17H21NO5. The van der Waals surface area contributed by atoms with Crippen LogP contribution in [0, 0.1) is 11.3 Å². The normalized spacial score (nSPS) is 31.2. The fourth-order valence-electron chi connectivity index (χ4n) is 3.78. The van der Waals surface area contributed by atoms with Gasteiger partial charge in [-0.15, -0.1) is 0 Å². The molecule has 124 valence electrons. The molecule has 2 fully saturated rings. The quantitative estimate of drug-likeness (QED) is 0.853. The zero-order valence-electron chi connectivity index (χ0n) is 13.3. The van der Waals surface area contributed by atoms with E-state index in [1.165, 1.54) is 12.0 Å². The van der Waals surface area contributed by atoms with Crippen LogP contribution in [0.5, 0.6) is 0 Å². The van der Waals surface area contributed by atoms with E-state index < -0.39 is 23.7 Å². The van der Waals surface area contributed by atoms with Gasteiger partial charge in [-0.3, -0.25) is 4.79 Å². The number of hydrogen-bond donors (Lipinski definition) is 1. The van der Waals surface area contributed by atoms with Crippen molar-refractivity contribution in [3.63, 3.8) is 0 Å². The first-order valence-corrected chi connectivity index (χ1v) is 7.70. The Bertz CT molecular complexity index is 604. The number of amides is 1. The predicted molar refractivity (Wildman–Crippen MR) is 81.4 cm³/mol. The van der Waals surface area contributed by atoms with E-state index >= 15 is 0 Å². The van der Waals surface area contributed by atoms with Crippen molar-refractivity contribution in [2.45, 2.75) is 31.6 Å². The first-order valence-electron chi connectivity index (χ1n) is 7.70. The maximum Gasteiger partial charge on any atom is 0.410 e. The van der Waals surface area contributed by atoms with Gasteiger partial charge in [0.2, 0.25) is 0 Å². The molecule has 0 radical (unpaired) electrons. The van der Waals surface area contributed by atoms with Crippen LogP contribution in [0.2, 0.25) is 0 Å². The maximum absolute atomic E-state index is 12.3. The lowest BCUT2D eigenvalue weighted by Gasteiger charge is -2.30. The highest BCUT2D eigenvalue weighted by Crippen LogP contribution is 2.65. The first kappa shape index (κ1) is 15.8. The third kappa shape index (κ3) is 2.57. The molecule has 23 heavy (non-hydrogen) atoms. The van der Waals surface area contributed by atoms with E-state index in [0.717, 1.165) is 5.56 Å². The smallest absolute Gasteiger partial charge is 0.410 e. The van der Waals surface area contributed by atoms with Gasteiger partial charge in [-0.05, 0) is 18.4 Å². The van der Waals surface area contributed by atoms with Gasteiger partial charge in [-0.2, -0.15) is 0 Å². The second kappa shape index (κ2) is 5.85. The third-order valence-electron chi connectivity index (χ3n) is 5.11. The van der Waals surface area contributed by atoms with Gasteiger partial charge in [-0.1, -0.05) is 30.3 Å². The summed E-state index contributed by atoms with van der Waals surface area (Å²) in [6.07, 6.45) is -0.149. The minimum Gasteiger partial charge on any atom is -0.469 e. The van der Waals surface area contributed by atoms with E-state index in [2.05, 4.69) is 0 Å². The number of fused-ring (bicyclic) bond motifs is 1. The molecular weight excluding hydrogens is 298 g/mol. The summed E-state index contributed by atoms with van der Waals surface area (Å²) in [4.78, 5) is 25.9. The molecule has 0 saturated heterocycles. The summed E-state index contributed by atoms with van der Waals surface area (Å²) in [5.74, 6) is -0.476. The SMILES string of the molecule is COC(=O)C12CC1C(O)CC2N(C)C(=O)OCc1ccccc1. The molecule has 4 unspecified atom stereocenters. The van der Waals surface area contributed by atoms with Gasteiger partial charge < -0.3 is 19.5 Å². The monoisotopic (exact) mass is 319 g/mol. The number of carbonyl (C=O) groups is 2. The van der Waals surface area contributed by atoms with Crippen LogP contribution in [-0.4, -0.2) is 48.4 Å². The first-order chi connectivity index (χ1) is 11.0. The van der Waals surface area contributed by atoms with E-state index in [0.29, 0.717) is 12.8 Å². The summed E-state index contributed by atoms with van der Waals surface area (Å²) in [5.41, 5.74) is 0.127. The summed E-state index contributed by atoms with van der Waals surface area (Å²) < 4.78 is 10.2. The van der Waals surface area contributed by atoms with E-state index in [4.69, 9.17) is 9.47 Å². The number of esters is 1. The summed E-state index contributed by atoms with van der Waals surface area (Å²) >= 11 is 0. The Morgan fingerprint density at radius 1 is 1.35 bits per heavy atom. The van der Waals surface area contributed by atoms with Crippen molar-refractivity contribution in [1.29, 1.82) is 0 Å². The molecule has 4 atom stereocenters. The number of ether oxygens (including phenoxy) is 2. The molecule has 0 bridgehead atoms. The molecule has 0 aliphatic heterocycles. The molecule has 0 aromatic heterocycles. The van der Waals surface area contributed by atoms with Gasteiger partial charge in [-0.25, -0.2) is 4.79 Å². The van der Waals surface area contributed by atoms with Crippen molar-refractivity contribution in [1.82, 2.24) is 4.90 Å². The third-order valence-corrected chi connectivity index (χ3v) is 5.11. The largest absolute Gasteiger partial charge is 0.469 e. The van der Waals surface area contributed by atoms with Gasteiger partial charge in [0, 0.05) is 13.0 Å². The Morgan fingerprint density at radius 3 is 2.65 bits per heavy atom. The lowest BCUT2D eigenvalue weighted by molar-refractivity contribution is -0.149. The zero-order chi connectivity index (χ0) is 16.6. The predicted octanol–water partition coefficient (Wildman–Crippen LogP) is 1.57. The fraction of sp³-hybridized carbons (Fsp3) is 0.529. The van der Waals surface area contributed by atoms with Crippen LogP contribution in [0.15, 0.2) is 30.3 Å². The zero-order valence-corrected chi connectivity index (χ0v) is 13.3. The van der Waals surface area contributed by atoms with Crippen LogP contribution < -0.4 is 0 Å². The van der Waals surface area contributed by atoms with Crippen molar-refractivity contribution in [2.24, 2.45) is 11.3 Å². The molecule has 6 nitrogen and oxygen atoms in total. The highest BCUT2D eigenvalue weighted by atomic mass is 16.6. The molecule has 1 N–H and O–H groups in total. The summed E-state index contributed by atoms with van der Waals surface area (Å²) in [6.45, 7) is 0.175. The minimum atomic E-state index is -0.769. The summed E-state index contributed by atoms with van der Waals surface area (Å²) in [7, 11) is 2.94. The standard InChI is InChI=1S/C17H21NO5/c1-18(16(21)23-10-11-6-4-3-5-7-11)14-8-13(19)12-9-17(12,14)15(20)22-2/h3-7,12-14,19H,8-10H2,1-2H3. The molecule has 2 saturated carbocycles. The highest BCUT2D eigenvalue weighted by molar-refractivity contribution is 5.84. The van der Waals surface area contributed by atoms with E-state index in [-0.39, 0.29) is 18.5 Å². The van der Waals surface area contributed by atoms with Gasteiger partial charge in [0.05, 0.1) is 24.7 Å². The second-order valence-electron chi connectivity index (χ2n) is 6.31. The minimum absolute atomic E-state index is 0.121. The Morgan fingerprint density at radius 2 is 2.04 bits per heavy atom. The average molecular weight is 319 g/mol. The van der Waals surface area contributed by atoms with Crippen molar-refractivity contribution < 1.29 is 24.2 Å². The van der Waals surface area contributed by atoms with E-state index in [9.17, 15) is 14.7 Å². The number of benzene rings is 1. The summed E-state index contributed by atoms with van der Waals surface area (Å²) in [5, 5.41) is 10.1. The average Bonchev–Trinajstić information content (AvgIpc) is 3.27. The van der Waals surface area contributed by atoms with Crippen LogP contribution in [0.1, 0.15) is 18.4 Å². The maximum atomic E-state index is 12.3. The molecule has 0 spiro atoms. The van der Waals surface area contributed by atoms with Crippen LogP contribution in [0.3, 0.4) is 0 Å². The molecule has 1 aromatic carbocycles. The molecule has 0 heterocycles. The van der Waals surface area contributed by atoms with E-state index in [1.54, 1.807) is 7.05 Å². The summed E-state index contributed by atoms with van der Waals surface area (Å²) in [6, 6.07) is 9.00. The van der Waals surface area contributed by atoms with Crippen molar-refractivity contribution >= 4 is 12.1 Å². The van der Waals surface area contributed by atoms with Crippen LogP contribution >= 0.6 is 0 Å². The number of nitrogens with zero attached hydrogens (tertiary/aromatic N) is 1. The number of rotatable bonds is 4. The van der Waals surface area contributed by atoms with Crippen molar-refractivity contribution in [2.75, 3.05) is 14.2 Å². The molecule has 1 amide bonds. The van der Waals surface area contributed by atoms with Crippen molar-refractivity contribution in [3.05, 3.63) is 35.9 Å². The molecule has 6 heteroatoms. The second-order valence-corrected chi connectivity index (χ2v) is 6.31. The number of methoxy groups -OCH3 is 1. The Hall–Kier alpha value is -2.08. The number of aliphatic hydroxyl groups excluding tert-OH is 1. The van der Waals surface area contributed by atoms with Crippen LogP contribution in [0.4, 0.5) is 4.79 Å². The Labute approximate surface area is 135 Å².